The lowest BCUT2D eigenvalue weighted by molar-refractivity contribution is 0.149. The van der Waals surface area contributed by atoms with Crippen LogP contribution in [0.4, 0.5) is 0 Å². The topological polar surface area (TPSA) is 43.7 Å². The first-order valence-corrected chi connectivity index (χ1v) is 4.27. The fourth-order valence-corrected chi connectivity index (χ4v) is 1.38. The molecule has 1 aliphatic rings. The minimum Gasteiger partial charge on any atom is -0.393 e. The van der Waals surface area contributed by atoms with Crippen LogP contribution in [0.1, 0.15) is 19.8 Å². The van der Waals surface area contributed by atoms with Crippen LogP contribution in [0, 0.1) is 0 Å². The number of nitrogens with zero attached hydrogens (tertiary/aromatic N) is 1. The van der Waals surface area contributed by atoms with E-state index in [0.29, 0.717) is 0 Å². The molecule has 3 heteroatoms. The molecule has 0 amide bonds. The summed E-state index contributed by atoms with van der Waals surface area (Å²) in [6.45, 7) is 4.47. The molecule has 2 N–H and O–H groups in total. The zero-order valence-corrected chi connectivity index (χ0v) is 7.03. The summed E-state index contributed by atoms with van der Waals surface area (Å²) in [5.41, 5.74) is 0. The highest BCUT2D eigenvalue weighted by Crippen LogP contribution is 2.09. The molecular weight excluding hydrogens is 142 g/mol. The van der Waals surface area contributed by atoms with E-state index in [-0.39, 0.29) is 12.2 Å². The first-order chi connectivity index (χ1) is 5.18. The number of β-amino-alcohol motifs (C(OH)–C–C–N with tert-alkyl or cyclic N) is 1. The molecule has 3 nitrogen and oxygen atoms in total. The molecule has 2 atom stereocenters. The van der Waals surface area contributed by atoms with Crippen molar-refractivity contribution in [2.45, 2.75) is 32.0 Å². The maximum absolute atomic E-state index is 9.16. The number of aliphatic hydroxyl groups excluding tert-OH is 2. The molecule has 1 heterocycles. The third-order valence-electron chi connectivity index (χ3n) is 2.11. The second kappa shape index (κ2) is 4.04. The van der Waals surface area contributed by atoms with Crippen molar-refractivity contribution in [3.8, 4) is 0 Å². The van der Waals surface area contributed by atoms with E-state index in [1.54, 1.807) is 6.92 Å². The van der Waals surface area contributed by atoms with Crippen molar-refractivity contribution in [1.29, 1.82) is 0 Å². The highest BCUT2D eigenvalue weighted by Gasteiger charge is 2.19. The van der Waals surface area contributed by atoms with Crippen molar-refractivity contribution in [1.82, 2.24) is 4.90 Å². The standard InChI is InChI=1S/C8H17NO2/c1-7(10)2-4-9-5-3-8(11)6-9/h7-8,10-11H,2-6H2,1H3/t7?,8-/m1/s1. The lowest BCUT2D eigenvalue weighted by Gasteiger charge is -2.15. The Morgan fingerprint density at radius 3 is 2.82 bits per heavy atom. The third kappa shape index (κ3) is 3.18. The molecule has 0 aromatic carbocycles. The van der Waals surface area contributed by atoms with Gasteiger partial charge < -0.3 is 15.1 Å². The van der Waals surface area contributed by atoms with Gasteiger partial charge in [-0.1, -0.05) is 0 Å². The summed E-state index contributed by atoms with van der Waals surface area (Å²) < 4.78 is 0. The molecule has 0 aliphatic carbocycles. The summed E-state index contributed by atoms with van der Waals surface area (Å²) in [4.78, 5) is 2.19. The van der Waals surface area contributed by atoms with Crippen LogP contribution < -0.4 is 0 Å². The maximum Gasteiger partial charge on any atom is 0.0679 e. The normalized spacial score (nSPS) is 29.2. The summed E-state index contributed by atoms with van der Waals surface area (Å²) in [5.74, 6) is 0. The molecule has 1 fully saturated rings. The molecule has 0 aromatic heterocycles. The lowest BCUT2D eigenvalue weighted by Crippen LogP contribution is -2.25. The summed E-state index contributed by atoms with van der Waals surface area (Å²) >= 11 is 0. The minimum atomic E-state index is -0.215. The fourth-order valence-electron chi connectivity index (χ4n) is 1.38. The van der Waals surface area contributed by atoms with E-state index in [9.17, 15) is 0 Å². The van der Waals surface area contributed by atoms with Gasteiger partial charge in [-0.2, -0.15) is 0 Å². The van der Waals surface area contributed by atoms with Gasteiger partial charge in [0, 0.05) is 19.6 Å². The molecule has 1 saturated heterocycles. The van der Waals surface area contributed by atoms with Crippen molar-refractivity contribution in [3.05, 3.63) is 0 Å². The van der Waals surface area contributed by atoms with Crippen LogP contribution in [0.2, 0.25) is 0 Å². The second-order valence-electron chi connectivity index (χ2n) is 3.38. The van der Waals surface area contributed by atoms with Crippen molar-refractivity contribution in [2.24, 2.45) is 0 Å². The molecule has 1 aliphatic heterocycles. The van der Waals surface area contributed by atoms with Crippen LogP contribution in [0.25, 0.3) is 0 Å². The van der Waals surface area contributed by atoms with Gasteiger partial charge in [0.15, 0.2) is 0 Å². The van der Waals surface area contributed by atoms with Crippen LogP contribution in [0.5, 0.6) is 0 Å². The van der Waals surface area contributed by atoms with Gasteiger partial charge in [0.1, 0.15) is 0 Å². The first kappa shape index (κ1) is 8.97. The Bertz CT molecular complexity index is 117. The van der Waals surface area contributed by atoms with E-state index < -0.39 is 0 Å². The van der Waals surface area contributed by atoms with Gasteiger partial charge in [0.25, 0.3) is 0 Å². The Morgan fingerprint density at radius 2 is 2.36 bits per heavy atom. The average molecular weight is 159 g/mol. The number of hydrogen-bond donors (Lipinski definition) is 2. The van der Waals surface area contributed by atoms with Crippen LogP contribution in [-0.4, -0.2) is 47.0 Å². The van der Waals surface area contributed by atoms with Gasteiger partial charge in [-0.3, -0.25) is 0 Å². The van der Waals surface area contributed by atoms with Crippen LogP contribution in [-0.2, 0) is 0 Å². The van der Waals surface area contributed by atoms with Crippen molar-refractivity contribution >= 4 is 0 Å². The van der Waals surface area contributed by atoms with Gasteiger partial charge in [0.05, 0.1) is 12.2 Å². The summed E-state index contributed by atoms with van der Waals surface area (Å²) in [6, 6.07) is 0. The Morgan fingerprint density at radius 1 is 1.64 bits per heavy atom. The summed E-state index contributed by atoms with van der Waals surface area (Å²) in [7, 11) is 0. The smallest absolute Gasteiger partial charge is 0.0679 e. The molecule has 0 bridgehead atoms. The third-order valence-corrected chi connectivity index (χ3v) is 2.11. The Hall–Kier alpha value is -0.120. The molecule has 1 unspecified atom stereocenters. The van der Waals surface area contributed by atoms with Gasteiger partial charge >= 0.3 is 0 Å². The van der Waals surface area contributed by atoms with E-state index in [2.05, 4.69) is 4.90 Å². The molecular formula is C8H17NO2. The molecule has 0 radical (unpaired) electrons. The first-order valence-electron chi connectivity index (χ1n) is 4.27. The highest BCUT2D eigenvalue weighted by molar-refractivity contribution is 4.74. The molecule has 0 spiro atoms. The van der Waals surface area contributed by atoms with Crippen LogP contribution >= 0.6 is 0 Å². The Balaban J connectivity index is 2.08. The number of rotatable bonds is 3. The minimum absolute atomic E-state index is 0.135. The predicted molar refractivity (Wildman–Crippen MR) is 43.4 cm³/mol. The van der Waals surface area contributed by atoms with Crippen molar-refractivity contribution in [3.63, 3.8) is 0 Å². The zero-order chi connectivity index (χ0) is 8.27. The molecule has 0 saturated carbocycles. The summed E-state index contributed by atoms with van der Waals surface area (Å²) in [5, 5.41) is 18.2. The van der Waals surface area contributed by atoms with Crippen molar-refractivity contribution < 1.29 is 10.2 Å². The van der Waals surface area contributed by atoms with Crippen LogP contribution in [0.15, 0.2) is 0 Å². The Kier molecular flexibility index (Phi) is 3.30. The number of likely N-dealkylation sites (tertiary alicyclic amines) is 1. The summed E-state index contributed by atoms with van der Waals surface area (Å²) in [6.07, 6.45) is 1.35. The van der Waals surface area contributed by atoms with E-state index in [1.807, 2.05) is 0 Å². The molecule has 66 valence electrons. The maximum atomic E-state index is 9.16. The Labute approximate surface area is 67.6 Å². The SMILES string of the molecule is CC(O)CCN1CC[C@@H](O)C1. The quantitative estimate of drug-likeness (QED) is 0.600. The number of aliphatic hydroxyl groups is 2. The number of hydrogen-bond acceptors (Lipinski definition) is 3. The lowest BCUT2D eigenvalue weighted by atomic mass is 10.3. The largest absolute Gasteiger partial charge is 0.393 e. The van der Waals surface area contributed by atoms with Crippen molar-refractivity contribution in [2.75, 3.05) is 19.6 Å². The predicted octanol–water partition coefficient (Wildman–Crippen LogP) is -0.176. The zero-order valence-electron chi connectivity index (χ0n) is 7.03. The van der Waals surface area contributed by atoms with Crippen LogP contribution in [0.3, 0.4) is 0 Å². The van der Waals surface area contributed by atoms with Gasteiger partial charge in [-0.25, -0.2) is 0 Å². The molecule has 11 heavy (non-hydrogen) atoms. The monoisotopic (exact) mass is 159 g/mol. The van der Waals surface area contributed by atoms with Gasteiger partial charge in [-0.15, -0.1) is 0 Å². The second-order valence-corrected chi connectivity index (χ2v) is 3.38. The van der Waals surface area contributed by atoms with Gasteiger partial charge in [-0.05, 0) is 19.8 Å². The van der Waals surface area contributed by atoms with E-state index >= 15 is 0 Å². The molecule has 1 rings (SSSR count). The van der Waals surface area contributed by atoms with E-state index in [4.69, 9.17) is 10.2 Å². The average Bonchev–Trinajstić information content (AvgIpc) is 2.31. The van der Waals surface area contributed by atoms with E-state index in [1.165, 1.54) is 0 Å². The van der Waals surface area contributed by atoms with Gasteiger partial charge in [0.2, 0.25) is 0 Å². The molecule has 0 aromatic rings. The van der Waals surface area contributed by atoms with E-state index in [0.717, 1.165) is 32.5 Å². The highest BCUT2D eigenvalue weighted by atomic mass is 16.3. The fraction of sp³-hybridized carbons (Fsp3) is 1.00.